The Balaban J connectivity index is 1.26. The fourth-order valence-electron chi connectivity index (χ4n) is 8.69. The van der Waals surface area contributed by atoms with Gasteiger partial charge in [-0.1, -0.05) is 18.0 Å². The highest BCUT2D eigenvalue weighted by Gasteiger charge is 2.50. The van der Waals surface area contributed by atoms with Gasteiger partial charge < -0.3 is 29.0 Å². The maximum absolute atomic E-state index is 17.1. The van der Waals surface area contributed by atoms with Gasteiger partial charge in [0.2, 0.25) is 5.88 Å². The molecule has 8 rings (SSSR count). The number of nitrogens with one attached hydrogen (secondary N) is 1. The Bertz CT molecular complexity index is 1880. The van der Waals surface area contributed by atoms with Gasteiger partial charge in [0.05, 0.1) is 56.8 Å². The van der Waals surface area contributed by atoms with E-state index < -0.39 is 11.4 Å². The van der Waals surface area contributed by atoms with E-state index >= 15 is 4.39 Å². The summed E-state index contributed by atoms with van der Waals surface area (Å²) in [6.45, 7) is 7.73. The van der Waals surface area contributed by atoms with Crippen LogP contribution < -0.4 is 14.4 Å². The lowest BCUT2D eigenvalue weighted by atomic mass is 9.75. The zero-order valence-electron chi connectivity index (χ0n) is 28.2. The number of halogens is 2. The molecular formula is C35H43ClFN7O5. The van der Waals surface area contributed by atoms with E-state index in [2.05, 4.69) is 15.1 Å². The van der Waals surface area contributed by atoms with Crippen molar-refractivity contribution in [3.8, 4) is 23.1 Å². The molecule has 1 saturated carbocycles. The molecule has 4 aromatic rings. The van der Waals surface area contributed by atoms with Crippen molar-refractivity contribution in [1.29, 1.82) is 0 Å². The molecule has 1 unspecified atom stereocenters. The fourth-order valence-corrected chi connectivity index (χ4v) is 8.94. The highest BCUT2D eigenvalue weighted by atomic mass is 35.5. The first-order valence-corrected chi connectivity index (χ1v) is 17.6. The van der Waals surface area contributed by atoms with Crippen LogP contribution in [0.3, 0.4) is 0 Å². The zero-order valence-corrected chi connectivity index (χ0v) is 29.0. The van der Waals surface area contributed by atoms with Crippen LogP contribution in [-0.2, 0) is 9.47 Å². The summed E-state index contributed by atoms with van der Waals surface area (Å²) >= 11 is 6.85. The highest BCUT2D eigenvalue weighted by molar-refractivity contribution is 6.35. The third-order valence-electron chi connectivity index (χ3n) is 11.0. The van der Waals surface area contributed by atoms with Crippen molar-refractivity contribution in [2.75, 3.05) is 64.7 Å². The van der Waals surface area contributed by atoms with E-state index in [0.29, 0.717) is 59.1 Å². The van der Waals surface area contributed by atoms with Crippen molar-refractivity contribution in [3.05, 3.63) is 28.7 Å². The molecule has 3 aromatic heterocycles. The van der Waals surface area contributed by atoms with Gasteiger partial charge >= 0.3 is 6.01 Å². The van der Waals surface area contributed by atoms with Crippen LogP contribution in [0.15, 0.2) is 12.3 Å². The number of rotatable bonds is 7. The molecule has 262 valence electrons. The molecule has 1 aliphatic carbocycles. The fraction of sp³-hybridized carbons (Fsp3) is 0.600. The molecule has 12 nitrogen and oxygen atoms in total. The topological polar surface area (TPSA) is 131 Å². The maximum Gasteiger partial charge on any atom is 0.319 e. The lowest BCUT2D eigenvalue weighted by molar-refractivity contribution is -0.0241. The molecule has 6 heterocycles. The molecule has 3 saturated heterocycles. The molecule has 14 heteroatoms. The Kier molecular flexibility index (Phi) is 8.54. The van der Waals surface area contributed by atoms with E-state index in [1.807, 2.05) is 17.9 Å². The lowest BCUT2D eigenvalue weighted by Gasteiger charge is -2.48. The first-order chi connectivity index (χ1) is 23.7. The number of piperidine rings is 1. The molecule has 3 aliphatic heterocycles. The normalized spacial score (nSPS) is 27.9. The molecule has 4 atom stereocenters. The van der Waals surface area contributed by atoms with Crippen LogP contribution in [0.25, 0.3) is 33.1 Å². The van der Waals surface area contributed by atoms with E-state index in [1.165, 1.54) is 7.11 Å². The van der Waals surface area contributed by atoms with Crippen molar-refractivity contribution >= 4 is 39.2 Å². The minimum atomic E-state index is -1.18. The largest absolute Gasteiger partial charge is 0.480 e. The number of nitrogens with zero attached hydrogens (tertiary/aromatic N) is 6. The number of aromatic nitrogens is 5. The van der Waals surface area contributed by atoms with E-state index in [0.717, 1.165) is 63.8 Å². The molecule has 2 N–H and O–H groups in total. The third-order valence-corrected chi connectivity index (χ3v) is 11.5. The van der Waals surface area contributed by atoms with Crippen LogP contribution in [0.4, 0.5) is 10.2 Å². The average molecular weight is 696 g/mol. The SMILES string of the molecule is COc1nc(-c2c(Cl)c(C)cc3[nH]ncc23)c(F)c2nc(OC[C@]34CCC[C@H]3N(C3CCOC3)CCC4)nc(N3CCOC[C@@](C)(O)C3)c12. The highest BCUT2D eigenvalue weighted by Crippen LogP contribution is 2.49. The summed E-state index contributed by atoms with van der Waals surface area (Å²) in [5.74, 6) is -0.194. The van der Waals surface area contributed by atoms with Crippen molar-refractivity contribution in [2.24, 2.45) is 5.41 Å². The maximum atomic E-state index is 17.1. The van der Waals surface area contributed by atoms with E-state index in [4.69, 9.17) is 45.5 Å². The van der Waals surface area contributed by atoms with Crippen molar-refractivity contribution in [1.82, 2.24) is 30.0 Å². The molecule has 0 radical (unpaired) electrons. The average Bonchev–Trinajstić information content (AvgIpc) is 3.86. The Hall–Kier alpha value is -3.36. The van der Waals surface area contributed by atoms with Gasteiger partial charge in [0.15, 0.2) is 5.82 Å². The van der Waals surface area contributed by atoms with Gasteiger partial charge in [-0.15, -0.1) is 0 Å². The lowest BCUT2D eigenvalue weighted by Crippen LogP contribution is -2.55. The van der Waals surface area contributed by atoms with E-state index in [9.17, 15) is 5.11 Å². The van der Waals surface area contributed by atoms with Crippen LogP contribution in [0.5, 0.6) is 11.9 Å². The van der Waals surface area contributed by atoms with Crippen LogP contribution in [0, 0.1) is 18.2 Å². The first kappa shape index (κ1) is 32.8. The molecule has 0 spiro atoms. The number of aliphatic hydroxyl groups is 1. The number of pyridine rings is 1. The Morgan fingerprint density at radius 2 is 2.00 bits per heavy atom. The Morgan fingerprint density at radius 1 is 1.14 bits per heavy atom. The molecule has 4 aliphatic rings. The van der Waals surface area contributed by atoms with Crippen LogP contribution in [0.2, 0.25) is 5.02 Å². The number of ether oxygens (including phenoxy) is 4. The van der Waals surface area contributed by atoms with E-state index in [1.54, 1.807) is 13.1 Å². The van der Waals surface area contributed by atoms with Crippen molar-refractivity contribution < 1.29 is 28.4 Å². The molecule has 0 amide bonds. The quantitative estimate of drug-likeness (QED) is 0.269. The minimum Gasteiger partial charge on any atom is -0.480 e. The number of aryl methyl sites for hydroxylation is 1. The van der Waals surface area contributed by atoms with E-state index in [-0.39, 0.29) is 47.1 Å². The number of hydrogen-bond acceptors (Lipinski definition) is 11. The molecular weight excluding hydrogens is 653 g/mol. The summed E-state index contributed by atoms with van der Waals surface area (Å²) in [7, 11) is 1.48. The van der Waals surface area contributed by atoms with Gasteiger partial charge in [-0.25, -0.2) is 9.37 Å². The number of aromatic amines is 1. The second-order valence-electron chi connectivity index (χ2n) is 14.4. The van der Waals surface area contributed by atoms with Gasteiger partial charge in [0.25, 0.3) is 0 Å². The number of β-amino-alcohol motifs (C(OH)–C–C–N with tert-alkyl or cyclic N) is 1. The monoisotopic (exact) mass is 695 g/mol. The minimum absolute atomic E-state index is 0.00489. The number of H-pyrrole nitrogens is 1. The van der Waals surface area contributed by atoms with Gasteiger partial charge in [-0.05, 0) is 64.1 Å². The van der Waals surface area contributed by atoms with Gasteiger partial charge in [0, 0.05) is 41.6 Å². The summed E-state index contributed by atoms with van der Waals surface area (Å²) in [5.41, 5.74) is 0.582. The van der Waals surface area contributed by atoms with Crippen molar-refractivity contribution in [3.63, 3.8) is 0 Å². The van der Waals surface area contributed by atoms with Gasteiger partial charge in [-0.3, -0.25) is 10.00 Å². The second kappa shape index (κ2) is 12.8. The first-order valence-electron chi connectivity index (χ1n) is 17.3. The zero-order chi connectivity index (χ0) is 33.9. The summed E-state index contributed by atoms with van der Waals surface area (Å²) < 4.78 is 41.1. The summed E-state index contributed by atoms with van der Waals surface area (Å²) in [5, 5.41) is 19.5. The number of hydrogen-bond donors (Lipinski definition) is 2. The predicted octanol–water partition coefficient (Wildman–Crippen LogP) is 5.07. The van der Waals surface area contributed by atoms with Crippen LogP contribution in [-0.4, -0.2) is 113 Å². The third kappa shape index (κ3) is 5.77. The summed E-state index contributed by atoms with van der Waals surface area (Å²) in [4.78, 5) is 18.9. The number of likely N-dealkylation sites (tertiary alicyclic amines) is 1. The standard InChI is InChI=1S/C35H43ClFN7O5/c1-20-14-23-22(15-38-42-23)25(27(20)36)29-28(37)30-26(32(39-29)46-3)31(43-11-13-48-18-34(2,45)17-43)41-33(40-30)49-19-35-8-4-6-24(35)44(10-5-9-35)21-7-12-47-16-21/h14-15,21,24,45H,4-13,16-19H2,1-3H3,(H,38,42)/t21?,24-,34+,35-/m1/s1. The molecule has 0 bridgehead atoms. The predicted molar refractivity (Wildman–Crippen MR) is 183 cm³/mol. The number of anilines is 1. The van der Waals surface area contributed by atoms with Gasteiger partial charge in [-0.2, -0.15) is 15.1 Å². The van der Waals surface area contributed by atoms with Crippen LogP contribution in [0.1, 0.15) is 51.0 Å². The van der Waals surface area contributed by atoms with Gasteiger partial charge in [0.1, 0.15) is 28.0 Å². The summed E-state index contributed by atoms with van der Waals surface area (Å²) in [6, 6.07) is 2.76. The second-order valence-corrected chi connectivity index (χ2v) is 14.8. The Labute approximate surface area is 289 Å². The smallest absolute Gasteiger partial charge is 0.319 e. The number of benzene rings is 1. The number of methoxy groups -OCH3 is 1. The van der Waals surface area contributed by atoms with Crippen molar-refractivity contribution in [2.45, 2.75) is 70.1 Å². The van der Waals surface area contributed by atoms with Crippen LogP contribution >= 0.6 is 11.6 Å². The summed E-state index contributed by atoms with van der Waals surface area (Å²) in [6.07, 6.45) is 8.10. The molecule has 4 fully saturated rings. The Morgan fingerprint density at radius 3 is 2.82 bits per heavy atom. The number of fused-ring (bicyclic) bond motifs is 3. The molecule has 49 heavy (non-hydrogen) atoms. The molecule has 1 aromatic carbocycles.